The van der Waals surface area contributed by atoms with Crippen LogP contribution < -0.4 is 0 Å². The topological polar surface area (TPSA) is 40.5 Å². The summed E-state index contributed by atoms with van der Waals surface area (Å²) < 4.78 is 0. The monoisotopic (exact) mass is 320 g/mol. The normalized spacial score (nSPS) is 12.3. The average molecular weight is 320 g/mol. The summed E-state index contributed by atoms with van der Waals surface area (Å²) in [5.74, 6) is 5.67. The zero-order chi connectivity index (χ0) is 16.1. The Morgan fingerprint density at radius 2 is 1.39 bits per heavy atom. The van der Waals surface area contributed by atoms with Crippen LogP contribution >= 0.6 is 11.3 Å². The Morgan fingerprint density at radius 1 is 0.826 bits per heavy atom. The van der Waals surface area contributed by atoms with Crippen molar-refractivity contribution >= 4 is 11.3 Å². The largest absolute Gasteiger partial charge is 0.375 e. The van der Waals surface area contributed by atoms with E-state index in [-0.39, 0.29) is 0 Å². The molecular formula is C20H16O2S. The van der Waals surface area contributed by atoms with Crippen LogP contribution in [0.4, 0.5) is 0 Å². The van der Waals surface area contributed by atoms with Gasteiger partial charge in [-0.3, -0.25) is 0 Å². The third-order valence-electron chi connectivity index (χ3n) is 3.59. The zero-order valence-corrected chi connectivity index (χ0v) is 13.2. The minimum absolute atomic E-state index is 0.678. The molecule has 2 N–H and O–H groups in total. The highest BCUT2D eigenvalue weighted by Gasteiger charge is 2.29. The Balaban J connectivity index is 2.04. The van der Waals surface area contributed by atoms with Crippen LogP contribution in [0.2, 0.25) is 0 Å². The summed E-state index contributed by atoms with van der Waals surface area (Å²) in [5, 5.41) is 23.3. The Labute approximate surface area is 139 Å². The van der Waals surface area contributed by atoms with E-state index in [1.165, 1.54) is 11.3 Å². The zero-order valence-electron chi connectivity index (χ0n) is 12.4. The molecule has 0 aliphatic carbocycles. The minimum Gasteiger partial charge on any atom is -0.375 e. The number of hydrogen-bond donors (Lipinski definition) is 2. The van der Waals surface area contributed by atoms with Crippen molar-refractivity contribution in [2.75, 3.05) is 0 Å². The van der Waals surface area contributed by atoms with Gasteiger partial charge in [-0.2, -0.15) is 0 Å². The molecule has 0 saturated carbocycles. The molecule has 0 aliphatic heterocycles. The van der Waals surface area contributed by atoms with Crippen LogP contribution in [0.5, 0.6) is 0 Å². The summed E-state index contributed by atoms with van der Waals surface area (Å²) in [5.41, 5.74) is -0.102. The number of hydrogen-bond acceptors (Lipinski definition) is 3. The van der Waals surface area contributed by atoms with Crippen molar-refractivity contribution in [2.45, 2.75) is 11.7 Å². The van der Waals surface area contributed by atoms with Gasteiger partial charge < -0.3 is 10.2 Å². The van der Waals surface area contributed by atoms with Gasteiger partial charge in [-0.1, -0.05) is 78.6 Å². The van der Waals surface area contributed by atoms with Gasteiger partial charge in [0.1, 0.15) is 6.10 Å². The van der Waals surface area contributed by atoms with Crippen LogP contribution in [-0.2, 0) is 5.60 Å². The van der Waals surface area contributed by atoms with Crippen LogP contribution in [0.3, 0.4) is 0 Å². The molecule has 1 atom stereocenters. The fraction of sp³-hybridized carbons (Fsp3) is 0.100. The minimum atomic E-state index is -1.46. The predicted molar refractivity (Wildman–Crippen MR) is 92.9 cm³/mol. The summed E-state index contributed by atoms with van der Waals surface area (Å²) in [6, 6.07) is 22.3. The molecular weight excluding hydrogens is 304 g/mol. The van der Waals surface area contributed by atoms with Crippen molar-refractivity contribution in [2.24, 2.45) is 0 Å². The van der Waals surface area contributed by atoms with Gasteiger partial charge in [0.05, 0.1) is 0 Å². The lowest BCUT2D eigenvalue weighted by atomic mass is 9.87. The summed E-state index contributed by atoms with van der Waals surface area (Å²) in [6.45, 7) is 0. The maximum atomic E-state index is 11.2. The van der Waals surface area contributed by atoms with Crippen molar-refractivity contribution in [3.8, 4) is 11.8 Å². The van der Waals surface area contributed by atoms with Crippen molar-refractivity contribution in [1.82, 2.24) is 0 Å². The average Bonchev–Trinajstić information content (AvgIpc) is 3.16. The van der Waals surface area contributed by atoms with E-state index in [2.05, 4.69) is 11.8 Å². The predicted octanol–water partition coefficient (Wildman–Crippen LogP) is 3.72. The molecule has 0 amide bonds. The van der Waals surface area contributed by atoms with E-state index in [1.54, 1.807) is 0 Å². The lowest BCUT2D eigenvalue weighted by Crippen LogP contribution is -2.25. The SMILES string of the molecule is O[C@H](C#CC(O)(c1ccccc1)c1ccccc1)c1cccs1. The van der Waals surface area contributed by atoms with Crippen LogP contribution in [0.1, 0.15) is 22.1 Å². The van der Waals surface area contributed by atoms with Crippen LogP contribution in [-0.4, -0.2) is 10.2 Å². The fourth-order valence-corrected chi connectivity index (χ4v) is 3.02. The molecule has 0 radical (unpaired) electrons. The second-order valence-electron chi connectivity index (χ2n) is 5.13. The van der Waals surface area contributed by atoms with Gasteiger partial charge in [-0.15, -0.1) is 11.3 Å². The molecule has 114 valence electrons. The molecule has 0 bridgehead atoms. The van der Waals surface area contributed by atoms with Crippen LogP contribution in [0.25, 0.3) is 0 Å². The molecule has 3 heteroatoms. The van der Waals surface area contributed by atoms with E-state index >= 15 is 0 Å². The van der Waals surface area contributed by atoms with Gasteiger partial charge >= 0.3 is 0 Å². The number of benzene rings is 2. The molecule has 0 spiro atoms. The number of aliphatic hydroxyl groups is 2. The lowest BCUT2D eigenvalue weighted by molar-refractivity contribution is 0.144. The Bertz CT molecular complexity index is 760. The standard InChI is InChI=1S/C20H16O2S/c21-18(19-12-7-15-23-19)13-14-20(22,16-8-3-1-4-9-16)17-10-5-2-6-11-17/h1-12,15,18,21-22H/t18-/m1/s1. The van der Waals surface area contributed by atoms with Gasteiger partial charge in [0, 0.05) is 16.0 Å². The van der Waals surface area contributed by atoms with E-state index in [0.29, 0.717) is 11.1 Å². The molecule has 0 unspecified atom stereocenters. The number of thiophene rings is 1. The molecule has 1 heterocycles. The molecule has 2 aromatic carbocycles. The highest BCUT2D eigenvalue weighted by atomic mass is 32.1. The Kier molecular flexibility index (Phi) is 4.59. The van der Waals surface area contributed by atoms with Crippen molar-refractivity contribution in [1.29, 1.82) is 0 Å². The smallest absolute Gasteiger partial charge is 0.176 e. The van der Waals surface area contributed by atoms with Gasteiger partial charge in [-0.25, -0.2) is 0 Å². The second kappa shape index (κ2) is 6.80. The molecule has 3 aromatic rings. The summed E-state index contributed by atoms with van der Waals surface area (Å²) in [7, 11) is 0. The summed E-state index contributed by atoms with van der Waals surface area (Å²) in [6.07, 6.45) is -0.908. The third kappa shape index (κ3) is 3.35. The van der Waals surface area contributed by atoms with Gasteiger partial charge in [0.15, 0.2) is 5.60 Å². The van der Waals surface area contributed by atoms with E-state index in [9.17, 15) is 10.2 Å². The van der Waals surface area contributed by atoms with E-state index in [0.717, 1.165) is 4.88 Å². The molecule has 23 heavy (non-hydrogen) atoms. The third-order valence-corrected chi connectivity index (χ3v) is 4.51. The first-order chi connectivity index (χ1) is 11.2. The first kappa shape index (κ1) is 15.5. The maximum absolute atomic E-state index is 11.2. The van der Waals surface area contributed by atoms with Crippen molar-refractivity contribution < 1.29 is 10.2 Å². The molecule has 2 nitrogen and oxygen atoms in total. The van der Waals surface area contributed by atoms with Crippen LogP contribution in [0, 0.1) is 11.8 Å². The highest BCUT2D eigenvalue weighted by molar-refractivity contribution is 7.10. The van der Waals surface area contributed by atoms with Gasteiger partial charge in [-0.05, 0) is 11.4 Å². The quantitative estimate of drug-likeness (QED) is 0.722. The molecule has 0 fully saturated rings. The summed E-state index contributed by atoms with van der Waals surface area (Å²) >= 11 is 1.44. The number of aliphatic hydroxyl groups excluding tert-OH is 1. The van der Waals surface area contributed by atoms with Gasteiger partial charge in [0.2, 0.25) is 0 Å². The molecule has 0 saturated heterocycles. The highest BCUT2D eigenvalue weighted by Crippen LogP contribution is 2.29. The number of rotatable bonds is 3. The van der Waals surface area contributed by atoms with E-state index in [4.69, 9.17) is 0 Å². The maximum Gasteiger partial charge on any atom is 0.176 e. The first-order valence-corrected chi connectivity index (χ1v) is 8.16. The first-order valence-electron chi connectivity index (χ1n) is 7.28. The van der Waals surface area contributed by atoms with Crippen LogP contribution in [0.15, 0.2) is 78.2 Å². The lowest BCUT2D eigenvalue weighted by Gasteiger charge is -2.23. The Morgan fingerprint density at radius 3 is 1.87 bits per heavy atom. The van der Waals surface area contributed by atoms with Crippen molar-refractivity contribution in [3.05, 3.63) is 94.2 Å². The second-order valence-corrected chi connectivity index (χ2v) is 6.11. The van der Waals surface area contributed by atoms with Crippen molar-refractivity contribution in [3.63, 3.8) is 0 Å². The molecule has 1 aromatic heterocycles. The Hall–Kier alpha value is -2.38. The molecule has 3 rings (SSSR count). The molecule has 0 aliphatic rings. The van der Waals surface area contributed by atoms with Gasteiger partial charge in [0.25, 0.3) is 0 Å². The summed E-state index contributed by atoms with van der Waals surface area (Å²) in [4.78, 5) is 0.765. The fourth-order valence-electron chi connectivity index (χ4n) is 2.36. The van der Waals surface area contributed by atoms with E-state index < -0.39 is 11.7 Å². The van der Waals surface area contributed by atoms with E-state index in [1.807, 2.05) is 78.2 Å².